The van der Waals surface area contributed by atoms with Gasteiger partial charge in [0, 0.05) is 6.20 Å². The summed E-state index contributed by atoms with van der Waals surface area (Å²) in [6, 6.07) is 5.07. The zero-order valence-corrected chi connectivity index (χ0v) is 12.8. The van der Waals surface area contributed by atoms with Crippen LogP contribution in [0.5, 0.6) is 0 Å². The minimum absolute atomic E-state index is 0.0138. The Labute approximate surface area is 143 Å². The van der Waals surface area contributed by atoms with Gasteiger partial charge in [0.05, 0.1) is 17.4 Å². The van der Waals surface area contributed by atoms with Crippen LogP contribution in [-0.4, -0.2) is 31.2 Å². The smallest absolute Gasteiger partial charge is 0.409 e. The molecule has 0 aliphatic carbocycles. The number of alkyl halides is 3. The van der Waals surface area contributed by atoms with Crippen molar-refractivity contribution < 1.29 is 22.9 Å². The fourth-order valence-corrected chi connectivity index (χ4v) is 1.87. The molecule has 26 heavy (non-hydrogen) atoms. The fourth-order valence-electron chi connectivity index (χ4n) is 1.87. The van der Waals surface area contributed by atoms with Crippen LogP contribution in [0.4, 0.5) is 24.9 Å². The third-order valence-corrected chi connectivity index (χ3v) is 3.13. The van der Waals surface area contributed by atoms with Crippen LogP contribution in [-0.2, 0) is 6.18 Å². The predicted octanol–water partition coefficient (Wildman–Crippen LogP) is 2.38. The lowest BCUT2D eigenvalue weighted by molar-refractivity contribution is -0.137. The summed E-state index contributed by atoms with van der Waals surface area (Å²) < 4.78 is 42.6. The summed E-state index contributed by atoms with van der Waals surface area (Å²) in [6.45, 7) is 0. The van der Waals surface area contributed by atoms with E-state index in [1.165, 1.54) is 12.3 Å². The maximum Gasteiger partial charge on any atom is 0.417 e. The van der Waals surface area contributed by atoms with E-state index in [0.717, 1.165) is 12.1 Å². The van der Waals surface area contributed by atoms with Gasteiger partial charge in [0.15, 0.2) is 5.84 Å². The third-order valence-electron chi connectivity index (χ3n) is 3.13. The van der Waals surface area contributed by atoms with Gasteiger partial charge in [0.2, 0.25) is 5.82 Å². The van der Waals surface area contributed by atoms with E-state index >= 15 is 0 Å². The number of nitrogens with one attached hydrogen (secondary N) is 1. The monoisotopic (exact) mass is 365 g/mol. The van der Waals surface area contributed by atoms with Crippen LogP contribution in [0.15, 0.2) is 46.3 Å². The number of nitrogens with zero attached hydrogens (tertiary/aromatic N) is 5. The predicted molar refractivity (Wildman–Crippen MR) is 82.6 cm³/mol. The molecule has 0 radical (unpaired) electrons. The van der Waals surface area contributed by atoms with Gasteiger partial charge in [0.1, 0.15) is 11.4 Å². The molecule has 3 aromatic rings. The molecular formula is C14H10F3N7O2. The van der Waals surface area contributed by atoms with E-state index in [0.29, 0.717) is 11.9 Å². The summed E-state index contributed by atoms with van der Waals surface area (Å²) >= 11 is 0. The quantitative estimate of drug-likeness (QED) is 0.277. The van der Waals surface area contributed by atoms with Crippen molar-refractivity contribution in [2.45, 2.75) is 6.18 Å². The van der Waals surface area contributed by atoms with E-state index in [9.17, 15) is 13.2 Å². The topological polar surface area (TPSA) is 135 Å². The highest BCUT2D eigenvalue weighted by molar-refractivity contribution is 5.95. The van der Waals surface area contributed by atoms with E-state index in [2.05, 4.69) is 30.6 Å². The molecule has 0 bridgehead atoms. The maximum atomic E-state index is 12.5. The minimum Gasteiger partial charge on any atom is -0.409 e. The van der Waals surface area contributed by atoms with Crippen molar-refractivity contribution >= 4 is 17.5 Å². The van der Waals surface area contributed by atoms with Crippen LogP contribution in [0, 0.1) is 0 Å². The molecule has 4 N–H and O–H groups in total. The standard InChI is InChI=1S/C14H10F3N7O2/c15-14(16,17)7-1-3-10(19-5-7)12-22-13(26-24-12)21-8-2-4-9(20-6-8)11(18)23-25/h1-6,25H,(H2,18,23)(H,21,22,24). The number of hydrogen-bond donors (Lipinski definition) is 3. The Morgan fingerprint density at radius 1 is 1.15 bits per heavy atom. The molecule has 0 atom stereocenters. The number of oxime groups is 1. The van der Waals surface area contributed by atoms with Gasteiger partial charge in [-0.1, -0.05) is 10.3 Å². The van der Waals surface area contributed by atoms with Gasteiger partial charge in [-0.05, 0) is 24.3 Å². The molecule has 0 saturated heterocycles. The number of nitrogens with two attached hydrogens (primary N) is 1. The molecule has 12 heteroatoms. The van der Waals surface area contributed by atoms with E-state index in [4.69, 9.17) is 15.5 Å². The summed E-state index contributed by atoms with van der Waals surface area (Å²) in [4.78, 5) is 11.6. The first-order valence-corrected chi connectivity index (χ1v) is 6.95. The van der Waals surface area contributed by atoms with Gasteiger partial charge in [-0.2, -0.15) is 18.2 Å². The Kier molecular flexibility index (Phi) is 4.39. The van der Waals surface area contributed by atoms with Gasteiger partial charge >= 0.3 is 12.2 Å². The SMILES string of the molecule is N/C(=N\O)c1ccc(Nc2nc(-c3ccc(C(F)(F)F)cn3)no2)cn1. The normalized spacial score (nSPS) is 12.2. The van der Waals surface area contributed by atoms with Gasteiger partial charge in [-0.25, -0.2) is 0 Å². The lowest BCUT2D eigenvalue weighted by Crippen LogP contribution is -2.14. The maximum absolute atomic E-state index is 12.5. The number of anilines is 2. The van der Waals surface area contributed by atoms with Crippen LogP contribution in [0.25, 0.3) is 11.5 Å². The van der Waals surface area contributed by atoms with Gasteiger partial charge < -0.3 is 20.8 Å². The van der Waals surface area contributed by atoms with Crippen molar-refractivity contribution in [2.75, 3.05) is 5.32 Å². The van der Waals surface area contributed by atoms with Gasteiger partial charge in [0.25, 0.3) is 0 Å². The Morgan fingerprint density at radius 2 is 1.96 bits per heavy atom. The first-order chi connectivity index (χ1) is 12.4. The van der Waals surface area contributed by atoms with Crippen molar-refractivity contribution in [3.63, 3.8) is 0 Å². The van der Waals surface area contributed by atoms with Crippen molar-refractivity contribution in [1.29, 1.82) is 0 Å². The molecule has 0 aromatic carbocycles. The number of aromatic nitrogens is 4. The van der Waals surface area contributed by atoms with Crippen LogP contribution < -0.4 is 11.1 Å². The van der Waals surface area contributed by atoms with Crippen LogP contribution >= 0.6 is 0 Å². The zero-order chi connectivity index (χ0) is 18.7. The lowest BCUT2D eigenvalue weighted by atomic mass is 10.2. The Hall–Kier alpha value is -3.70. The molecular weight excluding hydrogens is 355 g/mol. The average molecular weight is 365 g/mol. The van der Waals surface area contributed by atoms with E-state index in [1.807, 2.05) is 0 Å². The Morgan fingerprint density at radius 3 is 2.54 bits per heavy atom. The molecule has 9 nitrogen and oxygen atoms in total. The molecule has 0 unspecified atom stereocenters. The van der Waals surface area contributed by atoms with Gasteiger partial charge in [-0.15, -0.1) is 0 Å². The van der Waals surface area contributed by atoms with Crippen LogP contribution in [0.1, 0.15) is 11.3 Å². The van der Waals surface area contributed by atoms with Crippen LogP contribution in [0.2, 0.25) is 0 Å². The van der Waals surface area contributed by atoms with E-state index < -0.39 is 11.7 Å². The van der Waals surface area contributed by atoms with Crippen molar-refractivity contribution in [3.05, 3.63) is 47.9 Å². The largest absolute Gasteiger partial charge is 0.417 e. The number of rotatable bonds is 4. The Balaban J connectivity index is 1.74. The van der Waals surface area contributed by atoms with Crippen molar-refractivity contribution in [1.82, 2.24) is 20.1 Å². The van der Waals surface area contributed by atoms with Crippen molar-refractivity contribution in [3.8, 4) is 11.5 Å². The second-order valence-corrected chi connectivity index (χ2v) is 4.90. The summed E-state index contributed by atoms with van der Waals surface area (Å²) in [7, 11) is 0. The summed E-state index contributed by atoms with van der Waals surface area (Å²) in [5.74, 6) is -0.132. The molecule has 3 rings (SSSR count). The Bertz CT molecular complexity index is 921. The molecule has 0 aliphatic heterocycles. The van der Waals surface area contributed by atoms with E-state index in [1.54, 1.807) is 6.07 Å². The number of hydrogen-bond acceptors (Lipinski definition) is 8. The average Bonchev–Trinajstić information content (AvgIpc) is 3.09. The second-order valence-electron chi connectivity index (χ2n) is 4.90. The molecule has 0 spiro atoms. The molecule has 0 saturated carbocycles. The van der Waals surface area contributed by atoms with Gasteiger partial charge in [-0.3, -0.25) is 9.97 Å². The highest BCUT2D eigenvalue weighted by Gasteiger charge is 2.30. The minimum atomic E-state index is -4.47. The first-order valence-electron chi connectivity index (χ1n) is 6.95. The summed E-state index contributed by atoms with van der Waals surface area (Å²) in [5, 5.41) is 17.8. The second kappa shape index (κ2) is 6.66. The first kappa shape index (κ1) is 17.1. The third kappa shape index (κ3) is 3.68. The van der Waals surface area contributed by atoms with Crippen molar-refractivity contribution in [2.24, 2.45) is 10.9 Å². The molecule has 0 fully saturated rings. The number of pyridine rings is 2. The zero-order valence-electron chi connectivity index (χ0n) is 12.8. The highest BCUT2D eigenvalue weighted by atomic mass is 19.4. The summed E-state index contributed by atoms with van der Waals surface area (Å²) in [5.41, 5.74) is 5.38. The molecule has 0 aliphatic rings. The lowest BCUT2D eigenvalue weighted by Gasteiger charge is -2.05. The fraction of sp³-hybridized carbons (Fsp3) is 0.0714. The molecule has 3 aromatic heterocycles. The highest BCUT2D eigenvalue weighted by Crippen LogP contribution is 2.29. The molecule has 0 amide bonds. The number of amidine groups is 1. The number of halogens is 3. The molecule has 134 valence electrons. The van der Waals surface area contributed by atoms with E-state index in [-0.39, 0.29) is 29.1 Å². The van der Waals surface area contributed by atoms with Crippen LogP contribution in [0.3, 0.4) is 0 Å². The summed E-state index contributed by atoms with van der Waals surface area (Å²) in [6.07, 6.45) is -2.40. The molecule has 3 heterocycles.